The average Bonchev–Trinajstić information content (AvgIpc) is 2.85. The average molecular weight is 280 g/mol. The number of nitrogen functional groups attached to an aromatic ring is 1. The van der Waals surface area contributed by atoms with Gasteiger partial charge < -0.3 is 20.5 Å². The van der Waals surface area contributed by atoms with Gasteiger partial charge >= 0.3 is 6.09 Å². The largest absolute Gasteiger partial charge is 0.508 e. The zero-order valence-corrected chi connectivity index (χ0v) is 12.4. The second-order valence-electron chi connectivity index (χ2n) is 5.77. The molecular weight excluding hydrogens is 256 g/mol. The van der Waals surface area contributed by atoms with E-state index < -0.39 is 0 Å². The number of amides is 1. The number of rotatable bonds is 0. The summed E-state index contributed by atoms with van der Waals surface area (Å²) in [4.78, 5) is 13.1. The van der Waals surface area contributed by atoms with Gasteiger partial charge in [0.2, 0.25) is 0 Å². The summed E-state index contributed by atoms with van der Waals surface area (Å²) in [6, 6.07) is 6.40. The molecule has 20 heavy (non-hydrogen) atoms. The monoisotopic (exact) mass is 280 g/mol. The molecule has 0 unspecified atom stereocenters. The van der Waals surface area contributed by atoms with E-state index in [1.807, 2.05) is 20.8 Å². The van der Waals surface area contributed by atoms with Crippen molar-refractivity contribution in [3.05, 3.63) is 24.3 Å². The Balaban J connectivity index is 0.000000217. The Morgan fingerprint density at radius 1 is 1.20 bits per heavy atom. The molecule has 0 aliphatic carbocycles. The van der Waals surface area contributed by atoms with Crippen molar-refractivity contribution >= 4 is 11.8 Å². The van der Waals surface area contributed by atoms with Crippen molar-refractivity contribution in [2.24, 2.45) is 0 Å². The van der Waals surface area contributed by atoms with Crippen LogP contribution in [0.4, 0.5) is 10.5 Å². The van der Waals surface area contributed by atoms with E-state index in [4.69, 9.17) is 15.6 Å². The minimum Gasteiger partial charge on any atom is -0.508 e. The maximum atomic E-state index is 11.4. The number of nitrogens with zero attached hydrogens (tertiary/aromatic N) is 1. The molecule has 1 aromatic carbocycles. The van der Waals surface area contributed by atoms with Crippen LogP contribution in [0.15, 0.2) is 24.3 Å². The van der Waals surface area contributed by atoms with E-state index in [0.29, 0.717) is 5.69 Å². The molecular formula is C15H24N2O3. The van der Waals surface area contributed by atoms with Crippen LogP contribution in [0.2, 0.25) is 0 Å². The van der Waals surface area contributed by atoms with Crippen LogP contribution in [0.5, 0.6) is 5.75 Å². The van der Waals surface area contributed by atoms with E-state index >= 15 is 0 Å². The summed E-state index contributed by atoms with van der Waals surface area (Å²) in [5.74, 6) is 0.249. The summed E-state index contributed by atoms with van der Waals surface area (Å²) in [6.07, 6.45) is 2.05. The molecule has 0 bridgehead atoms. The minimum atomic E-state index is -0.361. The van der Waals surface area contributed by atoms with Crippen molar-refractivity contribution in [3.63, 3.8) is 0 Å². The van der Waals surface area contributed by atoms with Gasteiger partial charge in [-0.05, 0) is 57.9 Å². The van der Waals surface area contributed by atoms with Crippen LogP contribution in [0.3, 0.4) is 0 Å². The lowest BCUT2D eigenvalue weighted by Crippen LogP contribution is -2.34. The number of anilines is 1. The number of ether oxygens (including phenoxy) is 1. The van der Waals surface area contributed by atoms with Crippen LogP contribution in [0, 0.1) is 0 Å². The SMILES string of the molecule is CC(C)(C)OC(=O)N1CCCC1.Nc1ccc(O)cc1. The number of aromatic hydroxyl groups is 1. The third-order valence-corrected chi connectivity index (χ3v) is 2.65. The number of hydrogen-bond acceptors (Lipinski definition) is 4. The Labute approximate surface area is 120 Å². The number of nitrogens with two attached hydrogens (primary N) is 1. The summed E-state index contributed by atoms with van der Waals surface area (Å²) >= 11 is 0. The molecule has 3 N–H and O–H groups in total. The summed E-state index contributed by atoms with van der Waals surface area (Å²) < 4.78 is 5.21. The fraction of sp³-hybridized carbons (Fsp3) is 0.533. The first-order valence-corrected chi connectivity index (χ1v) is 6.80. The van der Waals surface area contributed by atoms with Crippen molar-refractivity contribution < 1.29 is 14.6 Å². The highest BCUT2D eigenvalue weighted by atomic mass is 16.6. The lowest BCUT2D eigenvalue weighted by molar-refractivity contribution is 0.0295. The molecule has 1 aromatic rings. The standard InChI is InChI=1S/C9H17NO2.C6H7NO/c1-9(2,3)12-8(11)10-6-4-5-7-10;7-5-1-3-6(8)4-2-5/h4-7H2,1-3H3;1-4,8H,7H2. The van der Waals surface area contributed by atoms with Crippen molar-refractivity contribution in [1.29, 1.82) is 0 Å². The maximum absolute atomic E-state index is 11.4. The highest BCUT2D eigenvalue weighted by Gasteiger charge is 2.23. The van der Waals surface area contributed by atoms with E-state index in [-0.39, 0.29) is 17.4 Å². The van der Waals surface area contributed by atoms with E-state index in [9.17, 15) is 4.79 Å². The fourth-order valence-electron chi connectivity index (χ4n) is 1.70. The Morgan fingerprint density at radius 2 is 1.70 bits per heavy atom. The number of benzene rings is 1. The van der Waals surface area contributed by atoms with Crippen LogP contribution in [-0.2, 0) is 4.74 Å². The summed E-state index contributed by atoms with van der Waals surface area (Å²) in [7, 11) is 0. The number of carbonyl (C=O) groups excluding carboxylic acids is 1. The number of likely N-dealkylation sites (tertiary alicyclic amines) is 1. The third-order valence-electron chi connectivity index (χ3n) is 2.65. The first-order valence-electron chi connectivity index (χ1n) is 6.80. The van der Waals surface area contributed by atoms with Crippen LogP contribution in [0.25, 0.3) is 0 Å². The summed E-state index contributed by atoms with van der Waals surface area (Å²) in [6.45, 7) is 7.38. The summed E-state index contributed by atoms with van der Waals surface area (Å²) in [5, 5.41) is 8.70. The third kappa shape index (κ3) is 6.31. The molecule has 1 amide bonds. The van der Waals surface area contributed by atoms with Gasteiger partial charge in [-0.25, -0.2) is 4.79 Å². The highest BCUT2D eigenvalue weighted by molar-refractivity contribution is 5.68. The van der Waals surface area contributed by atoms with Crippen molar-refractivity contribution in [1.82, 2.24) is 4.90 Å². The molecule has 1 aliphatic rings. The van der Waals surface area contributed by atoms with Gasteiger partial charge in [-0.3, -0.25) is 0 Å². The second-order valence-corrected chi connectivity index (χ2v) is 5.77. The second kappa shape index (κ2) is 7.03. The topological polar surface area (TPSA) is 75.8 Å². The molecule has 112 valence electrons. The Bertz CT molecular complexity index is 397. The number of carbonyl (C=O) groups is 1. The van der Waals surface area contributed by atoms with Crippen molar-refractivity contribution in [2.75, 3.05) is 18.8 Å². The van der Waals surface area contributed by atoms with Crippen molar-refractivity contribution in [2.45, 2.75) is 39.2 Å². The number of phenols is 1. The molecule has 0 spiro atoms. The van der Waals surface area contributed by atoms with Gasteiger partial charge in [-0.1, -0.05) is 0 Å². The first-order chi connectivity index (χ1) is 9.28. The van der Waals surface area contributed by atoms with Gasteiger partial charge in [-0.2, -0.15) is 0 Å². The lowest BCUT2D eigenvalue weighted by atomic mass is 10.2. The molecule has 0 aromatic heterocycles. The number of hydrogen-bond donors (Lipinski definition) is 2. The zero-order valence-electron chi connectivity index (χ0n) is 12.4. The molecule has 1 aliphatic heterocycles. The molecule has 0 saturated carbocycles. The van der Waals surface area contributed by atoms with E-state index in [1.54, 1.807) is 29.2 Å². The highest BCUT2D eigenvalue weighted by Crippen LogP contribution is 2.14. The predicted molar refractivity (Wildman–Crippen MR) is 79.6 cm³/mol. The molecule has 1 heterocycles. The van der Waals surface area contributed by atoms with Gasteiger partial charge in [0.05, 0.1) is 0 Å². The Hall–Kier alpha value is -1.91. The molecule has 0 radical (unpaired) electrons. The molecule has 0 atom stereocenters. The van der Waals surface area contributed by atoms with Crippen LogP contribution in [0.1, 0.15) is 33.6 Å². The molecule has 2 rings (SSSR count). The van der Waals surface area contributed by atoms with E-state index in [1.165, 1.54) is 0 Å². The van der Waals surface area contributed by atoms with Gasteiger partial charge in [0.25, 0.3) is 0 Å². The van der Waals surface area contributed by atoms with Crippen molar-refractivity contribution in [3.8, 4) is 5.75 Å². The first kappa shape index (κ1) is 16.1. The molecule has 5 nitrogen and oxygen atoms in total. The normalized spacial score (nSPS) is 14.4. The maximum Gasteiger partial charge on any atom is 0.410 e. The molecule has 5 heteroatoms. The van der Waals surface area contributed by atoms with Gasteiger partial charge in [-0.15, -0.1) is 0 Å². The zero-order chi connectivity index (χ0) is 15.2. The van der Waals surface area contributed by atoms with E-state index in [0.717, 1.165) is 25.9 Å². The van der Waals surface area contributed by atoms with Gasteiger partial charge in [0.1, 0.15) is 11.4 Å². The number of phenolic OH excluding ortho intramolecular Hbond substituents is 1. The molecule has 1 saturated heterocycles. The Kier molecular flexibility index (Phi) is 5.67. The fourth-order valence-corrected chi connectivity index (χ4v) is 1.70. The lowest BCUT2D eigenvalue weighted by Gasteiger charge is -2.23. The van der Waals surface area contributed by atoms with Crippen LogP contribution < -0.4 is 5.73 Å². The minimum absolute atomic E-state index is 0.167. The Morgan fingerprint density at radius 3 is 2.10 bits per heavy atom. The molecule has 1 fully saturated rings. The predicted octanol–water partition coefficient (Wildman–Crippen LogP) is 2.99. The van der Waals surface area contributed by atoms with Gasteiger partial charge in [0, 0.05) is 18.8 Å². The quantitative estimate of drug-likeness (QED) is 0.566. The summed E-state index contributed by atoms with van der Waals surface area (Å²) in [5.41, 5.74) is 5.62. The van der Waals surface area contributed by atoms with E-state index in [2.05, 4.69) is 0 Å². The van der Waals surface area contributed by atoms with Gasteiger partial charge in [0.15, 0.2) is 0 Å². The smallest absolute Gasteiger partial charge is 0.410 e. The van der Waals surface area contributed by atoms with Crippen LogP contribution >= 0.6 is 0 Å². The van der Waals surface area contributed by atoms with Crippen LogP contribution in [-0.4, -0.2) is 34.8 Å².